The van der Waals surface area contributed by atoms with Gasteiger partial charge in [-0.1, -0.05) is 65.7 Å². The van der Waals surface area contributed by atoms with Gasteiger partial charge in [0.25, 0.3) is 0 Å². The Morgan fingerprint density at radius 3 is 1.36 bits per heavy atom. The maximum atomic E-state index is 13.5. The Labute approximate surface area is 215 Å². The lowest BCUT2D eigenvalue weighted by molar-refractivity contribution is 0.246. The van der Waals surface area contributed by atoms with E-state index >= 15 is 0 Å². The van der Waals surface area contributed by atoms with Crippen LogP contribution in [0.1, 0.15) is 16.7 Å². The molecule has 0 N–H and O–H groups in total. The monoisotopic (exact) mass is 527 g/mol. The van der Waals surface area contributed by atoms with Crippen LogP contribution in [0.3, 0.4) is 0 Å². The third kappa shape index (κ3) is 6.22. The zero-order valence-corrected chi connectivity index (χ0v) is 22.4. The average Bonchev–Trinajstić information content (AvgIpc) is 2.96. The van der Waals surface area contributed by atoms with Gasteiger partial charge in [0.15, 0.2) is 0 Å². The summed E-state index contributed by atoms with van der Waals surface area (Å²) in [6.07, 6.45) is 0. The molecule has 7 nitrogen and oxygen atoms in total. The number of benzene rings is 3. The summed E-state index contributed by atoms with van der Waals surface area (Å²) in [7, 11) is -7.57. The van der Waals surface area contributed by atoms with Gasteiger partial charge in [0.2, 0.25) is 20.0 Å². The molecule has 36 heavy (non-hydrogen) atoms. The van der Waals surface area contributed by atoms with E-state index in [1.807, 2.05) is 44.2 Å². The topological polar surface area (TPSA) is 78.0 Å². The number of nitrogens with zero attached hydrogens (tertiary/aromatic N) is 3. The van der Waals surface area contributed by atoms with Gasteiger partial charge in [-0.2, -0.15) is 8.61 Å². The van der Waals surface area contributed by atoms with Crippen molar-refractivity contribution in [3.05, 3.63) is 95.6 Å². The van der Waals surface area contributed by atoms with Crippen LogP contribution in [-0.4, -0.2) is 69.6 Å². The van der Waals surface area contributed by atoms with Gasteiger partial charge in [0.1, 0.15) is 0 Å². The van der Waals surface area contributed by atoms with Crippen molar-refractivity contribution in [2.45, 2.75) is 30.2 Å². The van der Waals surface area contributed by atoms with Crippen molar-refractivity contribution in [1.29, 1.82) is 0 Å². The van der Waals surface area contributed by atoms with E-state index in [-0.39, 0.29) is 36.0 Å². The van der Waals surface area contributed by atoms with Crippen molar-refractivity contribution in [1.82, 2.24) is 13.5 Å². The molecular formula is C27H33N3O4S2. The fraction of sp³-hybridized carbons (Fsp3) is 0.333. The highest BCUT2D eigenvalue weighted by Crippen LogP contribution is 2.21. The van der Waals surface area contributed by atoms with Crippen molar-refractivity contribution in [2.24, 2.45) is 0 Å². The molecule has 0 unspecified atom stereocenters. The predicted octanol–water partition coefficient (Wildman–Crippen LogP) is 3.50. The van der Waals surface area contributed by atoms with E-state index in [2.05, 4.69) is 4.90 Å². The first-order valence-corrected chi connectivity index (χ1v) is 14.9. The van der Waals surface area contributed by atoms with Gasteiger partial charge >= 0.3 is 0 Å². The SMILES string of the molecule is Cc1ccc(S(=O)(=O)N2CCN(Cc3ccccc3)CCN(S(=O)(=O)c3ccc(C)cc3)CC2)cc1. The first-order chi connectivity index (χ1) is 17.2. The number of aryl methyl sites for hydroxylation is 2. The molecule has 192 valence electrons. The second-order valence-electron chi connectivity index (χ2n) is 9.20. The molecule has 0 atom stereocenters. The molecule has 1 heterocycles. The first kappa shape index (κ1) is 26.5. The number of sulfonamides is 2. The molecular weight excluding hydrogens is 494 g/mol. The molecule has 0 aliphatic carbocycles. The summed E-state index contributed by atoms with van der Waals surface area (Å²) in [6, 6.07) is 23.5. The van der Waals surface area contributed by atoms with Gasteiger partial charge in [0.05, 0.1) is 9.79 Å². The van der Waals surface area contributed by atoms with E-state index < -0.39 is 20.0 Å². The largest absolute Gasteiger partial charge is 0.296 e. The van der Waals surface area contributed by atoms with E-state index in [1.165, 1.54) is 8.61 Å². The summed E-state index contributed by atoms with van der Waals surface area (Å²) in [5.74, 6) is 0. The lowest BCUT2D eigenvalue weighted by atomic mass is 10.2. The summed E-state index contributed by atoms with van der Waals surface area (Å²) in [6.45, 7) is 6.15. The molecule has 1 aliphatic heterocycles. The molecule has 0 bridgehead atoms. The summed E-state index contributed by atoms with van der Waals surface area (Å²) in [5, 5.41) is 0. The minimum atomic E-state index is -3.78. The maximum absolute atomic E-state index is 13.5. The average molecular weight is 528 g/mol. The van der Waals surface area contributed by atoms with Crippen LogP contribution in [0.5, 0.6) is 0 Å². The Kier molecular flexibility index (Phi) is 8.27. The minimum absolute atomic E-state index is 0.0838. The highest BCUT2D eigenvalue weighted by Gasteiger charge is 2.31. The molecule has 3 aromatic rings. The zero-order valence-electron chi connectivity index (χ0n) is 20.7. The third-order valence-electron chi connectivity index (χ3n) is 6.50. The first-order valence-electron chi connectivity index (χ1n) is 12.1. The zero-order chi connectivity index (χ0) is 25.8. The Morgan fingerprint density at radius 2 is 0.944 bits per heavy atom. The third-order valence-corrected chi connectivity index (χ3v) is 10.3. The molecule has 0 radical (unpaired) electrons. The van der Waals surface area contributed by atoms with Crippen LogP contribution in [0.2, 0.25) is 0 Å². The van der Waals surface area contributed by atoms with Crippen molar-refractivity contribution in [3.63, 3.8) is 0 Å². The van der Waals surface area contributed by atoms with Crippen molar-refractivity contribution >= 4 is 20.0 Å². The second-order valence-corrected chi connectivity index (χ2v) is 13.1. The molecule has 3 aromatic carbocycles. The fourth-order valence-corrected chi connectivity index (χ4v) is 7.11. The summed E-state index contributed by atoms with van der Waals surface area (Å²) < 4.78 is 57.0. The van der Waals surface area contributed by atoms with Crippen LogP contribution >= 0.6 is 0 Å². The lowest BCUT2D eigenvalue weighted by Crippen LogP contribution is -2.41. The molecule has 0 spiro atoms. The predicted molar refractivity (Wildman–Crippen MR) is 142 cm³/mol. The standard InChI is InChI=1S/C27H33N3O4S2/c1-23-8-12-26(13-9-23)35(31,32)29-18-16-28(22-25-6-4-3-5-7-25)17-19-30(21-20-29)36(33,34)27-14-10-24(2)11-15-27/h3-15H,16-22H2,1-2H3. The minimum Gasteiger partial charge on any atom is -0.296 e. The van der Waals surface area contributed by atoms with E-state index in [1.54, 1.807) is 48.5 Å². The van der Waals surface area contributed by atoms with Crippen LogP contribution in [0.15, 0.2) is 88.7 Å². The normalized spacial score (nSPS) is 17.3. The van der Waals surface area contributed by atoms with Crippen LogP contribution in [-0.2, 0) is 26.6 Å². The Bertz CT molecular complexity index is 1270. The van der Waals surface area contributed by atoms with Crippen LogP contribution in [0, 0.1) is 13.8 Å². The molecule has 4 rings (SSSR count). The molecule has 0 saturated carbocycles. The second kappa shape index (κ2) is 11.2. The maximum Gasteiger partial charge on any atom is 0.243 e. The summed E-state index contributed by atoms with van der Waals surface area (Å²) in [4.78, 5) is 2.56. The van der Waals surface area contributed by atoms with E-state index in [0.717, 1.165) is 16.7 Å². The Morgan fingerprint density at radius 1 is 0.556 bits per heavy atom. The van der Waals surface area contributed by atoms with E-state index in [9.17, 15) is 16.8 Å². The summed E-state index contributed by atoms with van der Waals surface area (Å²) >= 11 is 0. The lowest BCUT2D eigenvalue weighted by Gasteiger charge is -2.25. The smallest absolute Gasteiger partial charge is 0.243 e. The number of hydrogen-bond acceptors (Lipinski definition) is 5. The van der Waals surface area contributed by atoms with Gasteiger partial charge in [-0.05, 0) is 43.7 Å². The van der Waals surface area contributed by atoms with Crippen molar-refractivity contribution < 1.29 is 16.8 Å². The molecule has 1 saturated heterocycles. The Balaban J connectivity index is 1.64. The highest BCUT2D eigenvalue weighted by atomic mass is 32.2. The number of rotatable bonds is 6. The van der Waals surface area contributed by atoms with Gasteiger partial charge in [-0.3, -0.25) is 4.90 Å². The molecule has 9 heteroatoms. The van der Waals surface area contributed by atoms with E-state index in [0.29, 0.717) is 19.6 Å². The number of hydrogen-bond donors (Lipinski definition) is 0. The Hall–Kier alpha value is -2.56. The van der Waals surface area contributed by atoms with Gasteiger partial charge in [0, 0.05) is 45.8 Å². The van der Waals surface area contributed by atoms with Crippen molar-refractivity contribution in [3.8, 4) is 0 Å². The van der Waals surface area contributed by atoms with Crippen LogP contribution < -0.4 is 0 Å². The molecule has 1 aliphatic rings. The van der Waals surface area contributed by atoms with E-state index in [4.69, 9.17) is 0 Å². The van der Waals surface area contributed by atoms with Crippen molar-refractivity contribution in [2.75, 3.05) is 39.3 Å². The quantitative estimate of drug-likeness (QED) is 0.490. The van der Waals surface area contributed by atoms with Crippen LogP contribution in [0.25, 0.3) is 0 Å². The van der Waals surface area contributed by atoms with Gasteiger partial charge in [-0.25, -0.2) is 16.8 Å². The summed E-state index contributed by atoms with van der Waals surface area (Å²) in [5.41, 5.74) is 3.04. The molecule has 0 aromatic heterocycles. The highest BCUT2D eigenvalue weighted by molar-refractivity contribution is 7.89. The van der Waals surface area contributed by atoms with Crippen LogP contribution in [0.4, 0.5) is 0 Å². The fourth-order valence-electron chi connectivity index (χ4n) is 4.26. The van der Waals surface area contributed by atoms with Gasteiger partial charge in [-0.15, -0.1) is 0 Å². The van der Waals surface area contributed by atoms with Gasteiger partial charge < -0.3 is 0 Å². The molecule has 0 amide bonds. The molecule has 1 fully saturated rings.